The second-order valence-corrected chi connectivity index (χ2v) is 4.79. The Morgan fingerprint density at radius 2 is 1.50 bits per heavy atom. The van der Waals surface area contributed by atoms with Crippen molar-refractivity contribution in [2.75, 3.05) is 18.0 Å². The maximum atomic E-state index is 10.2. The van der Waals surface area contributed by atoms with E-state index in [-0.39, 0.29) is 11.5 Å². The maximum Gasteiger partial charge on any atom is 0.121 e. The normalized spacial score (nSPS) is 10.5. The van der Waals surface area contributed by atoms with E-state index in [4.69, 9.17) is 0 Å². The lowest BCUT2D eigenvalue weighted by Gasteiger charge is -2.21. The van der Waals surface area contributed by atoms with E-state index >= 15 is 0 Å². The van der Waals surface area contributed by atoms with Crippen LogP contribution in [-0.4, -0.2) is 23.3 Å². The summed E-state index contributed by atoms with van der Waals surface area (Å²) in [6, 6.07) is 12.9. The van der Waals surface area contributed by atoms with Crippen LogP contribution in [0.5, 0.6) is 11.5 Å². The average Bonchev–Trinajstić information content (AvgIpc) is 2.45. The van der Waals surface area contributed by atoms with E-state index in [1.165, 1.54) is 0 Å². The predicted molar refractivity (Wildman–Crippen MR) is 82.6 cm³/mol. The molecule has 2 rings (SSSR count). The van der Waals surface area contributed by atoms with Crippen molar-refractivity contribution in [1.82, 2.24) is 0 Å². The van der Waals surface area contributed by atoms with Gasteiger partial charge in [0, 0.05) is 31.3 Å². The van der Waals surface area contributed by atoms with Gasteiger partial charge in [-0.2, -0.15) is 0 Å². The summed E-state index contributed by atoms with van der Waals surface area (Å²) in [5.74, 6) is 0.539. The number of hydrogen-bond acceptors (Lipinski definition) is 3. The van der Waals surface area contributed by atoms with Crippen LogP contribution in [0.15, 0.2) is 42.5 Å². The summed E-state index contributed by atoms with van der Waals surface area (Å²) in [5.41, 5.74) is 2.66. The van der Waals surface area contributed by atoms with E-state index in [2.05, 4.69) is 18.7 Å². The zero-order valence-electron chi connectivity index (χ0n) is 12.0. The first-order chi connectivity index (χ1) is 9.65. The fourth-order valence-electron chi connectivity index (χ4n) is 2.35. The molecular weight excluding hydrogens is 250 g/mol. The minimum Gasteiger partial charge on any atom is -0.508 e. The third-order valence-corrected chi connectivity index (χ3v) is 3.57. The number of rotatable bonds is 5. The van der Waals surface area contributed by atoms with Gasteiger partial charge in [0.25, 0.3) is 0 Å². The molecule has 0 saturated heterocycles. The molecule has 106 valence electrons. The van der Waals surface area contributed by atoms with Gasteiger partial charge in [-0.15, -0.1) is 0 Å². The highest BCUT2D eigenvalue weighted by atomic mass is 16.3. The molecule has 0 aromatic heterocycles. The van der Waals surface area contributed by atoms with E-state index in [9.17, 15) is 10.2 Å². The molecule has 0 atom stereocenters. The molecule has 3 heteroatoms. The first-order valence-electron chi connectivity index (χ1n) is 6.99. The Morgan fingerprint density at radius 3 is 2.10 bits per heavy atom. The molecule has 2 aromatic carbocycles. The molecule has 0 spiro atoms. The van der Waals surface area contributed by atoms with Gasteiger partial charge in [-0.1, -0.05) is 24.3 Å². The molecule has 0 aliphatic heterocycles. The smallest absolute Gasteiger partial charge is 0.121 e. The zero-order chi connectivity index (χ0) is 14.5. The number of hydrogen-bond donors (Lipinski definition) is 2. The van der Waals surface area contributed by atoms with E-state index < -0.39 is 0 Å². The van der Waals surface area contributed by atoms with Crippen molar-refractivity contribution in [2.45, 2.75) is 20.3 Å². The van der Waals surface area contributed by atoms with Gasteiger partial charge in [-0.3, -0.25) is 0 Å². The quantitative estimate of drug-likeness (QED) is 0.874. The van der Waals surface area contributed by atoms with Gasteiger partial charge in [0.15, 0.2) is 0 Å². The summed E-state index contributed by atoms with van der Waals surface area (Å²) >= 11 is 0. The Balaban J connectivity index is 2.24. The lowest BCUT2D eigenvalue weighted by molar-refractivity contribution is 0.463. The lowest BCUT2D eigenvalue weighted by atomic mass is 10.0. The fraction of sp³-hybridized carbons (Fsp3) is 0.294. The monoisotopic (exact) mass is 271 g/mol. The predicted octanol–water partition coefficient (Wildman–Crippen LogP) is 3.53. The molecule has 0 heterocycles. The first kappa shape index (κ1) is 14.3. The van der Waals surface area contributed by atoms with Crippen molar-refractivity contribution in [3.8, 4) is 11.5 Å². The Labute approximate surface area is 120 Å². The molecule has 0 amide bonds. The number of phenols is 2. The molecule has 0 bridgehead atoms. The Hall–Kier alpha value is -2.16. The van der Waals surface area contributed by atoms with Crippen molar-refractivity contribution in [2.24, 2.45) is 0 Å². The van der Waals surface area contributed by atoms with Gasteiger partial charge >= 0.3 is 0 Å². The van der Waals surface area contributed by atoms with Gasteiger partial charge in [-0.05, 0) is 37.1 Å². The Kier molecular flexibility index (Phi) is 4.51. The van der Waals surface area contributed by atoms with Crippen LogP contribution in [0.2, 0.25) is 0 Å². The van der Waals surface area contributed by atoms with Crippen molar-refractivity contribution in [1.29, 1.82) is 0 Å². The molecule has 0 radical (unpaired) electrons. The summed E-state index contributed by atoms with van der Waals surface area (Å²) in [7, 11) is 0. The van der Waals surface area contributed by atoms with Crippen molar-refractivity contribution in [3.05, 3.63) is 53.6 Å². The highest BCUT2D eigenvalue weighted by molar-refractivity contribution is 5.54. The number of aromatic hydroxyl groups is 2. The highest BCUT2D eigenvalue weighted by Crippen LogP contribution is 2.28. The fourth-order valence-corrected chi connectivity index (χ4v) is 2.35. The van der Waals surface area contributed by atoms with Crippen LogP contribution in [0.25, 0.3) is 0 Å². The van der Waals surface area contributed by atoms with Gasteiger partial charge < -0.3 is 15.1 Å². The van der Waals surface area contributed by atoms with Crippen LogP contribution in [0, 0.1) is 0 Å². The molecule has 0 unspecified atom stereocenters. The van der Waals surface area contributed by atoms with Crippen LogP contribution >= 0.6 is 0 Å². The van der Waals surface area contributed by atoms with Gasteiger partial charge in [0.2, 0.25) is 0 Å². The van der Waals surface area contributed by atoms with Crippen LogP contribution in [-0.2, 0) is 6.42 Å². The van der Waals surface area contributed by atoms with Gasteiger partial charge in [0.1, 0.15) is 11.5 Å². The molecule has 0 saturated carbocycles. The standard InChI is InChI=1S/C17H21NO2/c1-3-18(4-2)15-10-9-14(17(20)12-15)11-13-7-5-6-8-16(13)19/h5-10,12,19-20H,3-4,11H2,1-2H3. The topological polar surface area (TPSA) is 43.7 Å². The third kappa shape index (κ3) is 3.05. The average molecular weight is 271 g/mol. The summed E-state index contributed by atoms with van der Waals surface area (Å²) in [4.78, 5) is 2.18. The van der Waals surface area contributed by atoms with Gasteiger partial charge in [-0.25, -0.2) is 0 Å². The van der Waals surface area contributed by atoms with Crippen LogP contribution < -0.4 is 4.90 Å². The molecular formula is C17H21NO2. The minimum atomic E-state index is 0.264. The van der Waals surface area contributed by atoms with Crippen LogP contribution in [0.4, 0.5) is 5.69 Å². The van der Waals surface area contributed by atoms with Crippen LogP contribution in [0.1, 0.15) is 25.0 Å². The number of anilines is 1. The van der Waals surface area contributed by atoms with Crippen molar-refractivity contribution in [3.63, 3.8) is 0 Å². The third-order valence-electron chi connectivity index (χ3n) is 3.57. The van der Waals surface area contributed by atoms with Crippen molar-refractivity contribution >= 4 is 5.69 Å². The Bertz CT molecular complexity index is 577. The van der Waals surface area contributed by atoms with E-state index in [1.807, 2.05) is 24.3 Å². The molecule has 2 N–H and O–H groups in total. The second kappa shape index (κ2) is 6.33. The number of nitrogens with zero attached hydrogens (tertiary/aromatic N) is 1. The molecule has 20 heavy (non-hydrogen) atoms. The molecule has 3 nitrogen and oxygen atoms in total. The maximum absolute atomic E-state index is 10.2. The summed E-state index contributed by atoms with van der Waals surface area (Å²) in [6.07, 6.45) is 0.525. The summed E-state index contributed by atoms with van der Waals surface area (Å²) in [5, 5.41) is 20.0. The van der Waals surface area contributed by atoms with Crippen molar-refractivity contribution < 1.29 is 10.2 Å². The van der Waals surface area contributed by atoms with E-state index in [0.717, 1.165) is 29.9 Å². The SMILES string of the molecule is CCN(CC)c1ccc(Cc2ccccc2O)c(O)c1. The van der Waals surface area contributed by atoms with Gasteiger partial charge in [0.05, 0.1) is 0 Å². The second-order valence-electron chi connectivity index (χ2n) is 4.79. The molecule has 0 aliphatic carbocycles. The summed E-state index contributed by atoms with van der Waals surface area (Å²) in [6.45, 7) is 6.01. The number of benzene rings is 2. The first-order valence-corrected chi connectivity index (χ1v) is 6.99. The number of para-hydroxylation sites is 1. The highest BCUT2D eigenvalue weighted by Gasteiger charge is 2.09. The minimum absolute atomic E-state index is 0.264. The summed E-state index contributed by atoms with van der Waals surface area (Å²) < 4.78 is 0. The lowest BCUT2D eigenvalue weighted by Crippen LogP contribution is -2.21. The van der Waals surface area contributed by atoms with Crippen LogP contribution in [0.3, 0.4) is 0 Å². The van der Waals surface area contributed by atoms with E-state index in [0.29, 0.717) is 6.42 Å². The zero-order valence-corrected chi connectivity index (χ0v) is 12.0. The number of phenolic OH excluding ortho intramolecular Hbond substituents is 2. The Morgan fingerprint density at radius 1 is 0.850 bits per heavy atom. The largest absolute Gasteiger partial charge is 0.508 e. The molecule has 2 aromatic rings. The molecule has 0 fully saturated rings. The van der Waals surface area contributed by atoms with E-state index in [1.54, 1.807) is 18.2 Å². The molecule has 0 aliphatic rings.